The Kier molecular flexibility index (Phi) is 4.81. The van der Waals surface area contributed by atoms with E-state index in [0.29, 0.717) is 34.7 Å². The normalized spacial score (nSPS) is 12.9. The van der Waals surface area contributed by atoms with E-state index in [4.69, 9.17) is 14.2 Å². The minimum atomic E-state index is -0.128. The topological polar surface area (TPSA) is 65.8 Å². The molecule has 0 amide bonds. The molecule has 0 unspecified atom stereocenters. The molecular formula is C21H23N3O4. The number of hydrogen-bond acceptors (Lipinski definition) is 6. The minimum Gasteiger partial charge on any atom is -0.493 e. The molecule has 7 nitrogen and oxygen atoms in total. The summed E-state index contributed by atoms with van der Waals surface area (Å²) in [5.41, 5.74) is 2.94. The zero-order valence-corrected chi connectivity index (χ0v) is 16.3. The summed E-state index contributed by atoms with van der Waals surface area (Å²) in [7, 11) is 4.58. The van der Waals surface area contributed by atoms with E-state index in [2.05, 4.69) is 28.1 Å². The second kappa shape index (κ2) is 7.42. The van der Waals surface area contributed by atoms with Crippen LogP contribution >= 0.6 is 0 Å². The van der Waals surface area contributed by atoms with Crippen LogP contribution in [-0.4, -0.2) is 44.0 Å². The predicted molar refractivity (Wildman–Crippen MR) is 108 cm³/mol. The summed E-state index contributed by atoms with van der Waals surface area (Å²) >= 11 is 0. The van der Waals surface area contributed by atoms with E-state index in [1.54, 1.807) is 17.0 Å². The molecule has 0 spiro atoms. The second-order valence-electron chi connectivity index (χ2n) is 6.65. The standard InChI is InChI=1S/C21H23N3O4/c1-26-17-12-15-18(20(28-3)19(17)27-2)22-13-24(21(15)25)11-10-23-9-8-14-6-4-5-7-16(14)23/h4-7,12-13H,8-11H2,1-3H3. The number of ether oxygens (including phenoxy) is 3. The van der Waals surface area contributed by atoms with Crippen molar-refractivity contribution in [3.05, 3.63) is 52.6 Å². The number of anilines is 1. The Bertz CT molecular complexity index is 1080. The van der Waals surface area contributed by atoms with Gasteiger partial charge in [-0.3, -0.25) is 9.36 Å². The third-order valence-electron chi connectivity index (χ3n) is 5.22. The fourth-order valence-corrected chi connectivity index (χ4v) is 3.79. The van der Waals surface area contributed by atoms with E-state index in [1.165, 1.54) is 32.6 Å². The molecule has 0 N–H and O–H groups in total. The second-order valence-corrected chi connectivity index (χ2v) is 6.65. The maximum atomic E-state index is 13.1. The van der Waals surface area contributed by atoms with Gasteiger partial charge in [0.1, 0.15) is 5.52 Å². The molecule has 0 saturated heterocycles. The molecule has 0 bridgehead atoms. The van der Waals surface area contributed by atoms with E-state index < -0.39 is 0 Å². The van der Waals surface area contributed by atoms with Gasteiger partial charge in [-0.15, -0.1) is 0 Å². The van der Waals surface area contributed by atoms with Gasteiger partial charge in [-0.2, -0.15) is 0 Å². The first-order chi connectivity index (χ1) is 13.7. The van der Waals surface area contributed by atoms with Crippen molar-refractivity contribution in [1.29, 1.82) is 0 Å². The lowest BCUT2D eigenvalue weighted by atomic mass is 10.2. The molecule has 4 rings (SSSR count). The smallest absolute Gasteiger partial charge is 0.261 e. The van der Waals surface area contributed by atoms with Gasteiger partial charge >= 0.3 is 0 Å². The highest BCUT2D eigenvalue weighted by Gasteiger charge is 2.21. The number of hydrogen-bond donors (Lipinski definition) is 0. The number of fused-ring (bicyclic) bond motifs is 2. The number of aromatic nitrogens is 2. The molecule has 0 saturated carbocycles. The molecule has 0 atom stereocenters. The molecule has 28 heavy (non-hydrogen) atoms. The first-order valence-corrected chi connectivity index (χ1v) is 9.19. The number of methoxy groups -OCH3 is 3. The number of rotatable bonds is 6. The summed E-state index contributed by atoms with van der Waals surface area (Å²) < 4.78 is 17.8. The molecule has 3 aromatic rings. The molecule has 1 aliphatic rings. The van der Waals surface area contributed by atoms with Crippen molar-refractivity contribution in [1.82, 2.24) is 9.55 Å². The van der Waals surface area contributed by atoms with Crippen LogP contribution < -0.4 is 24.7 Å². The molecular weight excluding hydrogens is 358 g/mol. The molecule has 2 aromatic carbocycles. The average Bonchev–Trinajstić information content (AvgIpc) is 3.15. The fraction of sp³-hybridized carbons (Fsp3) is 0.333. The Labute approximate surface area is 163 Å². The third kappa shape index (κ3) is 2.93. The van der Waals surface area contributed by atoms with Gasteiger partial charge in [0.05, 0.1) is 33.0 Å². The summed E-state index contributed by atoms with van der Waals surface area (Å²) in [6, 6.07) is 10.1. The summed E-state index contributed by atoms with van der Waals surface area (Å²) in [6.07, 6.45) is 2.61. The van der Waals surface area contributed by atoms with Crippen LogP contribution in [0.15, 0.2) is 41.5 Å². The van der Waals surface area contributed by atoms with Crippen LogP contribution in [0.1, 0.15) is 5.56 Å². The molecule has 0 aliphatic carbocycles. The van der Waals surface area contributed by atoms with E-state index in [1.807, 2.05) is 6.07 Å². The lowest BCUT2D eigenvalue weighted by Gasteiger charge is -2.20. The van der Waals surface area contributed by atoms with Gasteiger partial charge < -0.3 is 19.1 Å². The fourth-order valence-electron chi connectivity index (χ4n) is 3.79. The summed E-state index contributed by atoms with van der Waals surface area (Å²) in [5.74, 6) is 1.27. The largest absolute Gasteiger partial charge is 0.493 e. The minimum absolute atomic E-state index is 0.128. The highest BCUT2D eigenvalue weighted by atomic mass is 16.5. The summed E-state index contributed by atoms with van der Waals surface area (Å²) in [6.45, 7) is 2.26. The Morgan fingerprint density at radius 1 is 1.04 bits per heavy atom. The van der Waals surface area contributed by atoms with Gasteiger partial charge in [-0.05, 0) is 24.1 Å². The van der Waals surface area contributed by atoms with Crippen molar-refractivity contribution in [2.45, 2.75) is 13.0 Å². The maximum Gasteiger partial charge on any atom is 0.261 e. The Morgan fingerprint density at radius 3 is 2.57 bits per heavy atom. The van der Waals surface area contributed by atoms with E-state index >= 15 is 0 Å². The molecule has 2 heterocycles. The Hall–Kier alpha value is -3.22. The maximum absolute atomic E-state index is 13.1. The molecule has 146 valence electrons. The van der Waals surface area contributed by atoms with Crippen molar-refractivity contribution in [2.24, 2.45) is 0 Å². The molecule has 7 heteroatoms. The van der Waals surface area contributed by atoms with Gasteiger partial charge in [0, 0.05) is 25.3 Å². The molecule has 1 aliphatic heterocycles. The molecule has 0 radical (unpaired) electrons. The van der Waals surface area contributed by atoms with E-state index in [-0.39, 0.29) is 5.56 Å². The van der Waals surface area contributed by atoms with Crippen LogP contribution in [0.2, 0.25) is 0 Å². The van der Waals surface area contributed by atoms with E-state index in [9.17, 15) is 4.79 Å². The number of benzene rings is 2. The van der Waals surface area contributed by atoms with Crippen LogP contribution in [0.25, 0.3) is 10.9 Å². The first kappa shape index (κ1) is 18.2. The van der Waals surface area contributed by atoms with Crippen molar-refractivity contribution < 1.29 is 14.2 Å². The van der Waals surface area contributed by atoms with Gasteiger partial charge in [0.2, 0.25) is 5.75 Å². The number of para-hydroxylation sites is 1. The zero-order chi connectivity index (χ0) is 19.7. The third-order valence-corrected chi connectivity index (χ3v) is 5.22. The van der Waals surface area contributed by atoms with E-state index in [0.717, 1.165) is 19.5 Å². The quantitative estimate of drug-likeness (QED) is 0.654. The molecule has 0 fully saturated rings. The summed E-state index contributed by atoms with van der Waals surface area (Å²) in [5, 5.41) is 0.443. The lowest BCUT2D eigenvalue weighted by Crippen LogP contribution is -2.30. The van der Waals surface area contributed by atoms with Crippen molar-refractivity contribution in [3.8, 4) is 17.2 Å². The first-order valence-electron chi connectivity index (χ1n) is 9.19. The van der Waals surface area contributed by atoms with Crippen LogP contribution in [-0.2, 0) is 13.0 Å². The molecule has 1 aromatic heterocycles. The van der Waals surface area contributed by atoms with Gasteiger partial charge in [-0.1, -0.05) is 18.2 Å². The van der Waals surface area contributed by atoms with Gasteiger partial charge in [-0.25, -0.2) is 4.98 Å². The van der Waals surface area contributed by atoms with Crippen LogP contribution in [0.5, 0.6) is 17.2 Å². The highest BCUT2D eigenvalue weighted by molar-refractivity contribution is 5.89. The van der Waals surface area contributed by atoms with Crippen LogP contribution in [0.4, 0.5) is 5.69 Å². The SMILES string of the molecule is COc1cc2c(=O)n(CCN3CCc4ccccc43)cnc2c(OC)c1OC. The van der Waals surface area contributed by atoms with Crippen molar-refractivity contribution in [3.63, 3.8) is 0 Å². The van der Waals surface area contributed by atoms with Crippen molar-refractivity contribution >= 4 is 16.6 Å². The van der Waals surface area contributed by atoms with Crippen LogP contribution in [0.3, 0.4) is 0 Å². The van der Waals surface area contributed by atoms with Crippen LogP contribution in [0, 0.1) is 0 Å². The highest BCUT2D eigenvalue weighted by Crippen LogP contribution is 2.41. The average molecular weight is 381 g/mol. The Morgan fingerprint density at radius 2 is 1.82 bits per heavy atom. The Balaban J connectivity index is 1.68. The summed E-state index contributed by atoms with van der Waals surface area (Å²) in [4.78, 5) is 19.8. The zero-order valence-electron chi connectivity index (χ0n) is 16.3. The monoisotopic (exact) mass is 381 g/mol. The van der Waals surface area contributed by atoms with Crippen molar-refractivity contribution in [2.75, 3.05) is 39.3 Å². The predicted octanol–water partition coefficient (Wildman–Crippen LogP) is 2.49. The van der Waals surface area contributed by atoms with Gasteiger partial charge in [0.15, 0.2) is 11.5 Å². The van der Waals surface area contributed by atoms with Gasteiger partial charge in [0.25, 0.3) is 5.56 Å². The lowest BCUT2D eigenvalue weighted by molar-refractivity contribution is 0.326. The number of nitrogens with zero attached hydrogens (tertiary/aromatic N) is 3.